The van der Waals surface area contributed by atoms with Crippen molar-refractivity contribution in [2.24, 2.45) is 0 Å². The second kappa shape index (κ2) is 4.82. The standard InChI is InChI=1S/C13H12O4/c14-11(5-3-7-13(15)16)10-8-17-12-6-2-1-4-9(10)12/h1-2,4,6,8H,3,5,7H2,(H,15,16). The lowest BCUT2D eigenvalue weighted by Crippen LogP contribution is -2.01. The van der Waals surface area contributed by atoms with Gasteiger partial charge in [-0.15, -0.1) is 0 Å². The largest absolute Gasteiger partial charge is 0.481 e. The maximum absolute atomic E-state index is 11.8. The van der Waals surface area contributed by atoms with Crippen molar-refractivity contribution in [1.82, 2.24) is 0 Å². The fourth-order valence-electron chi connectivity index (χ4n) is 1.73. The van der Waals surface area contributed by atoms with Gasteiger partial charge in [-0.05, 0) is 12.5 Å². The molecule has 0 amide bonds. The zero-order valence-corrected chi connectivity index (χ0v) is 9.18. The molecule has 0 saturated carbocycles. The van der Waals surface area contributed by atoms with Crippen LogP contribution in [0.25, 0.3) is 11.0 Å². The van der Waals surface area contributed by atoms with Crippen LogP contribution in [0.4, 0.5) is 0 Å². The molecule has 0 atom stereocenters. The lowest BCUT2D eigenvalue weighted by Gasteiger charge is -1.96. The minimum absolute atomic E-state index is 0.0154. The Morgan fingerprint density at radius 3 is 2.71 bits per heavy atom. The third-order valence-corrected chi connectivity index (χ3v) is 2.58. The molecule has 0 fully saturated rings. The molecule has 0 saturated heterocycles. The molecule has 0 spiro atoms. The molecule has 0 bridgehead atoms. The number of Topliss-reactive ketones (excluding diaryl/α,β-unsaturated/α-hetero) is 1. The summed E-state index contributed by atoms with van der Waals surface area (Å²) in [6.07, 6.45) is 2.04. The first-order valence-corrected chi connectivity index (χ1v) is 5.39. The van der Waals surface area contributed by atoms with E-state index in [-0.39, 0.29) is 18.6 Å². The molecule has 0 aliphatic heterocycles. The Morgan fingerprint density at radius 2 is 1.94 bits per heavy atom. The molecule has 1 aromatic carbocycles. The quantitative estimate of drug-likeness (QED) is 0.805. The summed E-state index contributed by atoms with van der Waals surface area (Å²) in [6.45, 7) is 0. The molecule has 0 aliphatic rings. The Kier molecular flexibility index (Phi) is 3.23. The monoisotopic (exact) mass is 232 g/mol. The summed E-state index contributed by atoms with van der Waals surface area (Å²) in [5.41, 5.74) is 1.21. The predicted octanol–water partition coefficient (Wildman–Crippen LogP) is 2.87. The van der Waals surface area contributed by atoms with Crippen LogP contribution in [0.2, 0.25) is 0 Å². The minimum Gasteiger partial charge on any atom is -0.481 e. The predicted molar refractivity (Wildman–Crippen MR) is 62.0 cm³/mol. The number of aliphatic carboxylic acids is 1. The van der Waals surface area contributed by atoms with Crippen molar-refractivity contribution >= 4 is 22.7 Å². The van der Waals surface area contributed by atoms with Gasteiger partial charge in [0.15, 0.2) is 5.78 Å². The normalized spacial score (nSPS) is 10.6. The molecule has 4 nitrogen and oxygen atoms in total. The number of para-hydroxylation sites is 1. The van der Waals surface area contributed by atoms with Crippen LogP contribution in [0.15, 0.2) is 34.9 Å². The van der Waals surface area contributed by atoms with E-state index < -0.39 is 5.97 Å². The van der Waals surface area contributed by atoms with Gasteiger partial charge in [-0.2, -0.15) is 0 Å². The van der Waals surface area contributed by atoms with Gasteiger partial charge in [0.2, 0.25) is 0 Å². The van der Waals surface area contributed by atoms with Crippen LogP contribution in [0.3, 0.4) is 0 Å². The van der Waals surface area contributed by atoms with Crippen molar-refractivity contribution < 1.29 is 19.1 Å². The minimum atomic E-state index is -0.880. The number of furan rings is 1. The zero-order valence-electron chi connectivity index (χ0n) is 9.18. The first kappa shape index (κ1) is 11.4. The van der Waals surface area contributed by atoms with Gasteiger partial charge in [-0.1, -0.05) is 18.2 Å². The second-order valence-corrected chi connectivity index (χ2v) is 3.82. The molecule has 88 valence electrons. The molecule has 2 aromatic rings. The fraction of sp³-hybridized carbons (Fsp3) is 0.231. The second-order valence-electron chi connectivity index (χ2n) is 3.82. The van der Waals surface area contributed by atoms with Gasteiger partial charge in [0.25, 0.3) is 0 Å². The van der Waals surface area contributed by atoms with E-state index in [9.17, 15) is 9.59 Å². The first-order valence-electron chi connectivity index (χ1n) is 5.39. The summed E-state index contributed by atoms with van der Waals surface area (Å²) in [5.74, 6) is -0.953. The van der Waals surface area contributed by atoms with E-state index in [0.717, 1.165) is 5.39 Å². The fourth-order valence-corrected chi connectivity index (χ4v) is 1.73. The highest BCUT2D eigenvalue weighted by molar-refractivity contribution is 6.07. The molecule has 0 unspecified atom stereocenters. The van der Waals surface area contributed by atoms with Crippen molar-refractivity contribution in [2.75, 3.05) is 0 Å². The van der Waals surface area contributed by atoms with E-state index in [2.05, 4.69) is 0 Å². The maximum atomic E-state index is 11.8. The number of carboxylic acid groups (broad SMARTS) is 1. The van der Waals surface area contributed by atoms with Crippen LogP contribution < -0.4 is 0 Å². The van der Waals surface area contributed by atoms with E-state index in [1.165, 1.54) is 6.26 Å². The molecule has 1 N–H and O–H groups in total. The van der Waals surface area contributed by atoms with Gasteiger partial charge in [0, 0.05) is 18.2 Å². The Balaban J connectivity index is 2.11. The lowest BCUT2D eigenvalue weighted by atomic mass is 10.0. The van der Waals surface area contributed by atoms with E-state index in [1.807, 2.05) is 18.2 Å². The number of rotatable bonds is 5. The smallest absolute Gasteiger partial charge is 0.303 e. The highest BCUT2D eigenvalue weighted by Gasteiger charge is 2.13. The summed E-state index contributed by atoms with van der Waals surface area (Å²) in [5, 5.41) is 9.28. The third-order valence-electron chi connectivity index (χ3n) is 2.58. The number of ketones is 1. The molecule has 2 rings (SSSR count). The molecule has 1 heterocycles. The molecular formula is C13H12O4. The SMILES string of the molecule is O=C(O)CCCC(=O)c1coc2ccccc12. The van der Waals surface area contributed by atoms with Gasteiger partial charge < -0.3 is 9.52 Å². The number of hydrogen-bond acceptors (Lipinski definition) is 3. The Morgan fingerprint density at radius 1 is 1.18 bits per heavy atom. The molecule has 0 aliphatic carbocycles. The molecular weight excluding hydrogens is 220 g/mol. The number of carbonyl (C=O) groups excluding carboxylic acids is 1. The zero-order chi connectivity index (χ0) is 12.3. The lowest BCUT2D eigenvalue weighted by molar-refractivity contribution is -0.137. The summed E-state index contributed by atoms with van der Waals surface area (Å²) < 4.78 is 5.26. The van der Waals surface area contributed by atoms with Crippen LogP contribution in [0.5, 0.6) is 0 Å². The van der Waals surface area contributed by atoms with Gasteiger partial charge in [0.05, 0.1) is 5.56 Å². The summed E-state index contributed by atoms with van der Waals surface area (Å²) in [7, 11) is 0. The molecule has 1 aromatic heterocycles. The summed E-state index contributed by atoms with van der Waals surface area (Å²) in [6, 6.07) is 7.29. The van der Waals surface area contributed by atoms with Crippen molar-refractivity contribution in [3.05, 3.63) is 36.1 Å². The van der Waals surface area contributed by atoms with Crippen molar-refractivity contribution in [3.63, 3.8) is 0 Å². The van der Waals surface area contributed by atoms with Gasteiger partial charge in [-0.3, -0.25) is 9.59 Å². The van der Waals surface area contributed by atoms with E-state index in [1.54, 1.807) is 6.07 Å². The van der Waals surface area contributed by atoms with E-state index in [4.69, 9.17) is 9.52 Å². The highest BCUT2D eigenvalue weighted by Crippen LogP contribution is 2.22. The number of hydrogen-bond donors (Lipinski definition) is 1. The third kappa shape index (κ3) is 2.53. The number of benzene rings is 1. The van der Waals surface area contributed by atoms with Crippen LogP contribution >= 0.6 is 0 Å². The van der Waals surface area contributed by atoms with Gasteiger partial charge >= 0.3 is 5.97 Å². The Bertz CT molecular complexity index is 553. The van der Waals surface area contributed by atoms with Crippen LogP contribution in [-0.2, 0) is 4.79 Å². The van der Waals surface area contributed by atoms with E-state index in [0.29, 0.717) is 17.6 Å². The molecule has 4 heteroatoms. The van der Waals surface area contributed by atoms with Crippen LogP contribution in [0, 0.1) is 0 Å². The van der Waals surface area contributed by atoms with Crippen molar-refractivity contribution in [3.8, 4) is 0 Å². The van der Waals surface area contributed by atoms with Gasteiger partial charge in [-0.25, -0.2) is 0 Å². The van der Waals surface area contributed by atoms with Gasteiger partial charge in [0.1, 0.15) is 11.8 Å². The van der Waals surface area contributed by atoms with Crippen LogP contribution in [0.1, 0.15) is 29.6 Å². The number of fused-ring (bicyclic) bond motifs is 1. The maximum Gasteiger partial charge on any atom is 0.303 e. The van der Waals surface area contributed by atoms with Crippen molar-refractivity contribution in [1.29, 1.82) is 0 Å². The average Bonchev–Trinajstić information content (AvgIpc) is 2.72. The molecule has 0 radical (unpaired) electrons. The van der Waals surface area contributed by atoms with E-state index >= 15 is 0 Å². The topological polar surface area (TPSA) is 67.5 Å². The highest BCUT2D eigenvalue weighted by atomic mass is 16.4. The summed E-state index contributed by atoms with van der Waals surface area (Å²) >= 11 is 0. The van der Waals surface area contributed by atoms with Crippen LogP contribution in [-0.4, -0.2) is 16.9 Å². The Hall–Kier alpha value is -2.10. The van der Waals surface area contributed by atoms with Crippen molar-refractivity contribution in [2.45, 2.75) is 19.3 Å². The average molecular weight is 232 g/mol. The Labute approximate surface area is 97.8 Å². The number of carboxylic acids is 1. The molecule has 17 heavy (non-hydrogen) atoms. The first-order chi connectivity index (χ1) is 8.18. The number of carbonyl (C=O) groups is 2. The summed E-state index contributed by atoms with van der Waals surface area (Å²) in [4.78, 5) is 22.2.